The molecular weight excluding hydrogens is 226 g/mol. The minimum Gasteiger partial charge on any atom is -0.479 e. The van der Waals surface area contributed by atoms with Gasteiger partial charge in [0.15, 0.2) is 5.54 Å². The summed E-state index contributed by atoms with van der Waals surface area (Å²) in [5.41, 5.74) is -2.42. The van der Waals surface area contributed by atoms with Gasteiger partial charge in [-0.25, -0.2) is 9.59 Å². The molecule has 1 amide bonds. The molecule has 0 bridgehead atoms. The number of rotatable bonds is 4. The van der Waals surface area contributed by atoms with Crippen molar-refractivity contribution in [3.63, 3.8) is 0 Å². The predicted octanol–water partition coefficient (Wildman–Crippen LogP) is 0.513. The molecule has 6 heteroatoms. The number of hydrogen-bond acceptors (Lipinski definition) is 4. The maximum absolute atomic E-state index is 11.4. The van der Waals surface area contributed by atoms with E-state index in [1.807, 2.05) is 0 Å². The zero-order chi connectivity index (χ0) is 13.3. The summed E-state index contributed by atoms with van der Waals surface area (Å²) >= 11 is 0. The van der Waals surface area contributed by atoms with E-state index in [0.717, 1.165) is 0 Å². The van der Waals surface area contributed by atoms with E-state index in [0.29, 0.717) is 0 Å². The van der Waals surface area contributed by atoms with Crippen LogP contribution in [-0.2, 0) is 9.53 Å². The monoisotopic (exact) mass is 243 g/mol. The second-order valence-corrected chi connectivity index (χ2v) is 4.66. The van der Waals surface area contributed by atoms with Crippen LogP contribution in [0, 0.1) is 5.41 Å². The van der Waals surface area contributed by atoms with Crippen LogP contribution in [-0.4, -0.2) is 40.5 Å². The lowest BCUT2D eigenvalue weighted by molar-refractivity contribution is -0.180. The van der Waals surface area contributed by atoms with Gasteiger partial charge >= 0.3 is 12.1 Å². The van der Waals surface area contributed by atoms with Crippen LogP contribution in [0.15, 0.2) is 12.7 Å². The molecule has 0 spiro atoms. The highest BCUT2D eigenvalue weighted by atomic mass is 16.5. The third-order valence-electron chi connectivity index (χ3n) is 3.45. The summed E-state index contributed by atoms with van der Waals surface area (Å²) in [6, 6.07) is 0. The number of aliphatic hydroxyl groups is 1. The number of ether oxygens (including phenoxy) is 1. The highest BCUT2D eigenvalue weighted by Crippen LogP contribution is 2.49. The van der Waals surface area contributed by atoms with Gasteiger partial charge < -0.3 is 20.3 Å². The van der Waals surface area contributed by atoms with E-state index >= 15 is 0 Å². The summed E-state index contributed by atoms with van der Waals surface area (Å²) in [6.07, 6.45) is -0.239. The van der Waals surface area contributed by atoms with Gasteiger partial charge in [0.25, 0.3) is 0 Å². The Balaban J connectivity index is 2.79. The average Bonchev–Trinajstić information content (AvgIpc) is 2.25. The zero-order valence-corrected chi connectivity index (χ0v) is 9.90. The Bertz CT molecular complexity index is 352. The first kappa shape index (κ1) is 13.5. The number of alkyl carbamates (subject to hydrolysis) is 1. The number of carboxylic acids is 1. The van der Waals surface area contributed by atoms with Crippen molar-refractivity contribution in [3.05, 3.63) is 12.7 Å². The normalized spacial score (nSPS) is 29.9. The number of aliphatic carboxylic acids is 1. The number of aliphatic hydroxyl groups excluding tert-OH is 1. The second-order valence-electron chi connectivity index (χ2n) is 4.66. The number of carboxylic acid groups (broad SMARTS) is 1. The van der Waals surface area contributed by atoms with Crippen LogP contribution in [0.25, 0.3) is 0 Å². The molecule has 0 heterocycles. The molecule has 2 atom stereocenters. The minimum absolute atomic E-state index is 0.00448. The van der Waals surface area contributed by atoms with Gasteiger partial charge in [0, 0.05) is 11.8 Å². The molecule has 0 aromatic rings. The molecule has 0 saturated heterocycles. The van der Waals surface area contributed by atoms with E-state index in [9.17, 15) is 19.8 Å². The Morgan fingerprint density at radius 2 is 2.18 bits per heavy atom. The molecule has 96 valence electrons. The van der Waals surface area contributed by atoms with Gasteiger partial charge in [-0.15, -0.1) is 0 Å². The molecule has 1 aliphatic carbocycles. The maximum Gasteiger partial charge on any atom is 0.408 e. The third kappa shape index (κ3) is 2.00. The molecule has 0 aromatic heterocycles. The first-order valence-electron chi connectivity index (χ1n) is 5.25. The van der Waals surface area contributed by atoms with Gasteiger partial charge in [-0.2, -0.15) is 0 Å². The van der Waals surface area contributed by atoms with E-state index in [4.69, 9.17) is 0 Å². The van der Waals surface area contributed by atoms with Crippen molar-refractivity contribution in [1.82, 2.24) is 5.32 Å². The van der Waals surface area contributed by atoms with Crippen LogP contribution in [0.3, 0.4) is 0 Å². The van der Waals surface area contributed by atoms with Crippen molar-refractivity contribution in [2.45, 2.75) is 31.9 Å². The quantitative estimate of drug-likeness (QED) is 0.625. The van der Waals surface area contributed by atoms with Crippen molar-refractivity contribution < 1.29 is 24.5 Å². The third-order valence-corrected chi connectivity index (χ3v) is 3.45. The number of carbonyl (C=O) groups excluding carboxylic acids is 1. The number of carbonyl (C=O) groups is 2. The van der Waals surface area contributed by atoms with Gasteiger partial charge in [-0.05, 0) is 0 Å². The summed E-state index contributed by atoms with van der Waals surface area (Å²) in [6.45, 7) is 6.55. The summed E-state index contributed by atoms with van der Waals surface area (Å²) in [5.74, 6) is -1.18. The van der Waals surface area contributed by atoms with Crippen molar-refractivity contribution in [2.75, 3.05) is 6.61 Å². The summed E-state index contributed by atoms with van der Waals surface area (Å²) in [4.78, 5) is 22.7. The fraction of sp³-hybridized carbons (Fsp3) is 0.636. The summed E-state index contributed by atoms with van der Waals surface area (Å²) < 4.78 is 4.69. The molecule has 1 rings (SSSR count). The van der Waals surface area contributed by atoms with Crippen LogP contribution < -0.4 is 5.32 Å². The predicted molar refractivity (Wildman–Crippen MR) is 59.5 cm³/mol. The van der Waals surface area contributed by atoms with E-state index < -0.39 is 29.1 Å². The summed E-state index contributed by atoms with van der Waals surface area (Å²) in [7, 11) is 0. The molecule has 1 aliphatic rings. The minimum atomic E-state index is -1.48. The Labute approximate surface area is 99.3 Å². The molecule has 1 fully saturated rings. The fourth-order valence-corrected chi connectivity index (χ4v) is 1.93. The van der Waals surface area contributed by atoms with Crippen LogP contribution in [0.4, 0.5) is 4.79 Å². The van der Waals surface area contributed by atoms with Crippen molar-refractivity contribution in [1.29, 1.82) is 0 Å². The van der Waals surface area contributed by atoms with Gasteiger partial charge in [-0.1, -0.05) is 26.5 Å². The summed E-state index contributed by atoms with van der Waals surface area (Å²) in [5, 5.41) is 21.1. The highest BCUT2D eigenvalue weighted by Gasteiger charge is 2.65. The SMILES string of the molecule is C=CCOC(=O)N[C@]1(C(=O)O)C[C@H](O)C1(C)C. The number of amides is 1. The topological polar surface area (TPSA) is 95.9 Å². The van der Waals surface area contributed by atoms with Crippen LogP contribution in [0.2, 0.25) is 0 Å². The van der Waals surface area contributed by atoms with E-state index in [1.165, 1.54) is 6.08 Å². The molecule has 0 aliphatic heterocycles. The van der Waals surface area contributed by atoms with Gasteiger partial charge in [0.05, 0.1) is 6.10 Å². The van der Waals surface area contributed by atoms with Crippen molar-refractivity contribution in [2.24, 2.45) is 5.41 Å². The van der Waals surface area contributed by atoms with E-state index in [2.05, 4.69) is 16.6 Å². The molecule has 6 nitrogen and oxygen atoms in total. The second kappa shape index (κ2) is 4.37. The van der Waals surface area contributed by atoms with Crippen molar-refractivity contribution in [3.8, 4) is 0 Å². The Kier molecular flexibility index (Phi) is 3.47. The van der Waals surface area contributed by atoms with E-state index in [1.54, 1.807) is 13.8 Å². The largest absolute Gasteiger partial charge is 0.479 e. The number of hydrogen-bond donors (Lipinski definition) is 3. The molecule has 3 N–H and O–H groups in total. The fourth-order valence-electron chi connectivity index (χ4n) is 1.93. The lowest BCUT2D eigenvalue weighted by Gasteiger charge is -2.56. The highest BCUT2D eigenvalue weighted by molar-refractivity contribution is 5.87. The van der Waals surface area contributed by atoms with Crippen LogP contribution in [0.1, 0.15) is 20.3 Å². The van der Waals surface area contributed by atoms with Crippen molar-refractivity contribution >= 4 is 12.1 Å². The first-order valence-corrected chi connectivity index (χ1v) is 5.25. The molecule has 0 radical (unpaired) electrons. The van der Waals surface area contributed by atoms with Gasteiger partial charge in [0.1, 0.15) is 6.61 Å². The van der Waals surface area contributed by atoms with Gasteiger partial charge in [-0.3, -0.25) is 0 Å². The lowest BCUT2D eigenvalue weighted by atomic mass is 9.54. The first-order chi connectivity index (χ1) is 7.78. The smallest absolute Gasteiger partial charge is 0.408 e. The zero-order valence-electron chi connectivity index (χ0n) is 9.90. The standard InChI is InChI=1S/C11H17NO5/c1-4-5-17-9(16)12-11(8(14)15)6-7(13)10(11,2)3/h4,7,13H,1,5-6H2,2-3H3,(H,12,16)(H,14,15)/t7-,11-/m0/s1. The van der Waals surface area contributed by atoms with E-state index in [-0.39, 0.29) is 13.0 Å². The molecular formula is C11H17NO5. The van der Waals surface area contributed by atoms with Crippen LogP contribution >= 0.6 is 0 Å². The Hall–Kier alpha value is -1.56. The number of nitrogens with one attached hydrogen (secondary N) is 1. The maximum atomic E-state index is 11.4. The molecule has 1 saturated carbocycles. The Morgan fingerprint density at radius 3 is 2.53 bits per heavy atom. The molecule has 17 heavy (non-hydrogen) atoms. The lowest BCUT2D eigenvalue weighted by Crippen LogP contribution is -2.75. The molecule has 0 aromatic carbocycles. The Morgan fingerprint density at radius 1 is 1.59 bits per heavy atom. The molecule has 0 unspecified atom stereocenters. The van der Waals surface area contributed by atoms with Crippen LogP contribution in [0.5, 0.6) is 0 Å². The van der Waals surface area contributed by atoms with Gasteiger partial charge in [0.2, 0.25) is 0 Å². The average molecular weight is 243 g/mol.